The molecule has 1 aliphatic heterocycles. The zero-order valence-corrected chi connectivity index (χ0v) is 18.4. The van der Waals surface area contributed by atoms with Crippen LogP contribution in [0.5, 0.6) is 5.75 Å². The van der Waals surface area contributed by atoms with Gasteiger partial charge in [0, 0.05) is 45.0 Å². The van der Waals surface area contributed by atoms with Crippen LogP contribution in [0, 0.1) is 5.92 Å². The molecule has 1 aromatic heterocycles. The molecule has 1 saturated heterocycles. The summed E-state index contributed by atoms with van der Waals surface area (Å²) >= 11 is 0. The van der Waals surface area contributed by atoms with Gasteiger partial charge >= 0.3 is 0 Å². The third kappa shape index (κ3) is 5.44. The first-order valence-electron chi connectivity index (χ1n) is 10.5. The third-order valence-electron chi connectivity index (χ3n) is 5.49. The number of para-hydroxylation sites is 2. The Morgan fingerprint density at radius 1 is 1.37 bits per heavy atom. The van der Waals surface area contributed by atoms with E-state index in [9.17, 15) is 5.11 Å². The Hall–Kier alpha value is -2.74. The molecule has 1 fully saturated rings. The second-order valence-corrected chi connectivity index (χ2v) is 8.03. The van der Waals surface area contributed by atoms with Crippen LogP contribution < -0.4 is 20.3 Å². The zero-order chi connectivity index (χ0) is 21.6. The first-order chi connectivity index (χ1) is 14.4. The predicted molar refractivity (Wildman–Crippen MR) is 120 cm³/mol. The van der Waals surface area contributed by atoms with Crippen LogP contribution in [-0.4, -0.2) is 60.7 Å². The lowest BCUT2D eigenvalue weighted by atomic mass is 10.0. The van der Waals surface area contributed by atoms with E-state index in [1.807, 2.05) is 38.4 Å². The fraction of sp³-hybridized carbons (Fsp3) is 0.545. The molecule has 3 rings (SSSR count). The number of benzene rings is 1. The number of guanidine groups is 1. The van der Waals surface area contributed by atoms with Gasteiger partial charge in [-0.15, -0.1) is 0 Å². The maximum Gasteiger partial charge on any atom is 0.191 e. The quantitative estimate of drug-likeness (QED) is 0.450. The molecule has 2 atom stereocenters. The molecular weight excluding hydrogens is 380 g/mol. The SMILES string of the molecule is CCNC(=NCC(C)(O)c1cnn(C)c1)NCC1CCN(c2ccccc2OC)C1. The minimum Gasteiger partial charge on any atom is -0.495 e. The first kappa shape index (κ1) is 22.0. The highest BCUT2D eigenvalue weighted by Gasteiger charge is 2.26. The van der Waals surface area contributed by atoms with Gasteiger partial charge in [-0.1, -0.05) is 12.1 Å². The number of nitrogens with one attached hydrogen (secondary N) is 2. The molecular formula is C22H34N6O2. The molecule has 1 aliphatic rings. The molecule has 8 heteroatoms. The third-order valence-corrected chi connectivity index (χ3v) is 5.49. The summed E-state index contributed by atoms with van der Waals surface area (Å²) in [5.74, 6) is 2.15. The summed E-state index contributed by atoms with van der Waals surface area (Å²) in [4.78, 5) is 6.99. The number of nitrogens with zero attached hydrogens (tertiary/aromatic N) is 4. The molecule has 0 saturated carbocycles. The molecule has 0 radical (unpaired) electrons. The highest BCUT2D eigenvalue weighted by atomic mass is 16.5. The van der Waals surface area contributed by atoms with Gasteiger partial charge in [0.2, 0.25) is 0 Å². The predicted octanol–water partition coefficient (Wildman–Crippen LogP) is 1.72. The van der Waals surface area contributed by atoms with Crippen LogP contribution >= 0.6 is 0 Å². The topological polar surface area (TPSA) is 86.9 Å². The largest absolute Gasteiger partial charge is 0.495 e. The van der Waals surface area contributed by atoms with Crippen LogP contribution in [0.1, 0.15) is 25.8 Å². The number of aliphatic hydroxyl groups is 1. The Balaban J connectivity index is 1.56. The number of hydrogen-bond acceptors (Lipinski definition) is 5. The van der Waals surface area contributed by atoms with Gasteiger partial charge in [-0.25, -0.2) is 4.99 Å². The highest BCUT2D eigenvalue weighted by Crippen LogP contribution is 2.31. The van der Waals surface area contributed by atoms with E-state index in [0.29, 0.717) is 5.92 Å². The van der Waals surface area contributed by atoms with Crippen molar-refractivity contribution in [2.75, 3.05) is 44.7 Å². The molecule has 2 unspecified atom stereocenters. The van der Waals surface area contributed by atoms with Gasteiger partial charge < -0.3 is 25.4 Å². The lowest BCUT2D eigenvalue weighted by Crippen LogP contribution is -2.41. The van der Waals surface area contributed by atoms with E-state index in [1.165, 1.54) is 0 Å². The number of aromatic nitrogens is 2. The van der Waals surface area contributed by atoms with Crippen molar-refractivity contribution in [3.63, 3.8) is 0 Å². The van der Waals surface area contributed by atoms with Crippen molar-refractivity contribution in [2.24, 2.45) is 18.0 Å². The van der Waals surface area contributed by atoms with Crippen LogP contribution in [0.2, 0.25) is 0 Å². The zero-order valence-electron chi connectivity index (χ0n) is 18.4. The molecule has 3 N–H and O–H groups in total. The van der Waals surface area contributed by atoms with E-state index in [0.717, 1.165) is 55.6 Å². The van der Waals surface area contributed by atoms with Crippen LogP contribution in [-0.2, 0) is 12.6 Å². The van der Waals surface area contributed by atoms with Gasteiger partial charge in [0.1, 0.15) is 11.4 Å². The van der Waals surface area contributed by atoms with Gasteiger partial charge in [0.05, 0.1) is 25.5 Å². The molecule has 0 amide bonds. The number of hydrogen-bond donors (Lipinski definition) is 3. The lowest BCUT2D eigenvalue weighted by molar-refractivity contribution is 0.0671. The van der Waals surface area contributed by atoms with Crippen molar-refractivity contribution >= 4 is 11.6 Å². The molecule has 0 bridgehead atoms. The maximum atomic E-state index is 10.8. The summed E-state index contributed by atoms with van der Waals surface area (Å²) < 4.78 is 7.19. The van der Waals surface area contributed by atoms with Crippen molar-refractivity contribution in [1.82, 2.24) is 20.4 Å². The Morgan fingerprint density at radius 3 is 2.87 bits per heavy atom. The molecule has 2 aromatic rings. The summed E-state index contributed by atoms with van der Waals surface area (Å²) in [6.07, 6.45) is 4.61. The number of ether oxygens (including phenoxy) is 1. The van der Waals surface area contributed by atoms with Gasteiger partial charge in [-0.2, -0.15) is 5.10 Å². The van der Waals surface area contributed by atoms with E-state index in [4.69, 9.17) is 4.74 Å². The van der Waals surface area contributed by atoms with Gasteiger partial charge in [0.25, 0.3) is 0 Å². The number of anilines is 1. The smallest absolute Gasteiger partial charge is 0.191 e. The Kier molecular flexibility index (Phi) is 7.20. The lowest BCUT2D eigenvalue weighted by Gasteiger charge is -2.22. The van der Waals surface area contributed by atoms with E-state index >= 15 is 0 Å². The Labute approximate surface area is 178 Å². The van der Waals surface area contributed by atoms with Crippen LogP contribution in [0.25, 0.3) is 0 Å². The average molecular weight is 415 g/mol. The number of aliphatic imine (C=N–C) groups is 1. The molecule has 8 nitrogen and oxygen atoms in total. The van der Waals surface area contributed by atoms with Gasteiger partial charge in [-0.05, 0) is 38.3 Å². The molecule has 30 heavy (non-hydrogen) atoms. The first-order valence-corrected chi connectivity index (χ1v) is 10.5. The standard InChI is InChI=1S/C22H34N6O2/c1-5-23-21(25-16-22(2,29)18-13-26-27(3)15-18)24-12-17-10-11-28(14-17)19-8-6-7-9-20(19)30-4/h6-9,13,15,17,29H,5,10-12,14,16H2,1-4H3,(H2,23,24,25). The number of aryl methyl sites for hydroxylation is 1. The minimum absolute atomic E-state index is 0.256. The summed E-state index contributed by atoms with van der Waals surface area (Å²) in [5, 5.41) is 21.6. The van der Waals surface area contributed by atoms with Crippen molar-refractivity contribution in [2.45, 2.75) is 25.9 Å². The summed E-state index contributed by atoms with van der Waals surface area (Å²) in [7, 11) is 3.55. The molecule has 0 spiro atoms. The summed E-state index contributed by atoms with van der Waals surface area (Å²) in [5.41, 5.74) is 0.841. The number of methoxy groups -OCH3 is 1. The van der Waals surface area contributed by atoms with Crippen LogP contribution in [0.3, 0.4) is 0 Å². The van der Waals surface area contributed by atoms with Crippen molar-refractivity contribution < 1.29 is 9.84 Å². The second-order valence-electron chi connectivity index (χ2n) is 8.03. The van der Waals surface area contributed by atoms with E-state index < -0.39 is 5.60 Å². The van der Waals surface area contributed by atoms with E-state index in [1.54, 1.807) is 24.9 Å². The van der Waals surface area contributed by atoms with Crippen molar-refractivity contribution in [3.05, 3.63) is 42.2 Å². The average Bonchev–Trinajstić information content (AvgIpc) is 3.39. The fourth-order valence-corrected chi connectivity index (χ4v) is 3.72. The van der Waals surface area contributed by atoms with Crippen LogP contribution in [0.4, 0.5) is 5.69 Å². The molecule has 164 valence electrons. The maximum absolute atomic E-state index is 10.8. The molecule has 1 aromatic carbocycles. The normalized spacial score (nSPS) is 18.9. The van der Waals surface area contributed by atoms with Crippen molar-refractivity contribution in [1.29, 1.82) is 0 Å². The van der Waals surface area contributed by atoms with E-state index in [2.05, 4.69) is 31.7 Å². The fourth-order valence-electron chi connectivity index (χ4n) is 3.72. The molecule has 2 heterocycles. The monoisotopic (exact) mass is 414 g/mol. The van der Waals surface area contributed by atoms with Gasteiger partial charge in [0.15, 0.2) is 5.96 Å². The van der Waals surface area contributed by atoms with E-state index in [-0.39, 0.29) is 6.54 Å². The highest BCUT2D eigenvalue weighted by molar-refractivity contribution is 5.79. The second kappa shape index (κ2) is 9.84. The van der Waals surface area contributed by atoms with Crippen molar-refractivity contribution in [3.8, 4) is 5.75 Å². The van der Waals surface area contributed by atoms with Gasteiger partial charge in [-0.3, -0.25) is 4.68 Å². The Bertz CT molecular complexity index is 848. The Morgan fingerprint density at radius 2 is 2.17 bits per heavy atom. The molecule has 0 aliphatic carbocycles. The number of rotatable bonds is 8. The summed E-state index contributed by atoms with van der Waals surface area (Å²) in [6.45, 7) is 7.63. The summed E-state index contributed by atoms with van der Waals surface area (Å²) in [6, 6.07) is 8.16. The minimum atomic E-state index is -1.06. The van der Waals surface area contributed by atoms with Crippen LogP contribution in [0.15, 0.2) is 41.7 Å².